The van der Waals surface area contributed by atoms with Crippen LogP contribution in [0.2, 0.25) is 0 Å². The van der Waals surface area contributed by atoms with Gasteiger partial charge in [0.05, 0.1) is 6.10 Å². The van der Waals surface area contributed by atoms with Crippen molar-refractivity contribution in [3.05, 3.63) is 59.7 Å². The predicted octanol–water partition coefficient (Wildman–Crippen LogP) is 2.53. The molecule has 0 bridgehead atoms. The molecule has 4 N–H and O–H groups in total. The number of ether oxygens (including phenoxy) is 2. The van der Waals surface area contributed by atoms with E-state index in [4.69, 9.17) is 15.2 Å². The number of hydrogen-bond acceptors (Lipinski definition) is 6. The number of likely N-dealkylation sites (N-methyl/N-ethyl adjacent to an activating group) is 1. The Bertz CT molecular complexity index is 875. The Labute approximate surface area is 196 Å². The molecule has 1 aliphatic carbocycles. The van der Waals surface area contributed by atoms with Gasteiger partial charge in [-0.3, -0.25) is 4.79 Å². The lowest BCUT2D eigenvalue weighted by Crippen LogP contribution is -2.34. The number of nitrogens with two attached hydrogens (primary N) is 1. The summed E-state index contributed by atoms with van der Waals surface area (Å²) < 4.78 is 11.4. The van der Waals surface area contributed by atoms with Crippen molar-refractivity contribution in [2.75, 3.05) is 40.4 Å². The first kappa shape index (κ1) is 25.0. The number of para-hydroxylation sites is 1. The number of aliphatic hydroxyl groups is 1. The average Bonchev–Trinajstić information content (AvgIpc) is 2.95. The Balaban J connectivity index is 1.55. The van der Waals surface area contributed by atoms with Gasteiger partial charge in [-0.2, -0.15) is 0 Å². The van der Waals surface area contributed by atoms with E-state index in [0.717, 1.165) is 37.1 Å². The topological polar surface area (TPSA) is 97.1 Å². The largest absolute Gasteiger partial charge is 0.491 e. The molecule has 0 saturated carbocycles. The van der Waals surface area contributed by atoms with E-state index in [-0.39, 0.29) is 31.1 Å². The first-order valence-electron chi connectivity index (χ1n) is 11.7. The monoisotopic (exact) mass is 455 g/mol. The van der Waals surface area contributed by atoms with E-state index in [1.165, 1.54) is 5.56 Å². The maximum absolute atomic E-state index is 12.0. The molecule has 2 aromatic rings. The summed E-state index contributed by atoms with van der Waals surface area (Å²) in [5.74, 6) is 1.39. The summed E-state index contributed by atoms with van der Waals surface area (Å²) in [5.41, 5.74) is 8.93. The van der Waals surface area contributed by atoms with Crippen LogP contribution in [0.1, 0.15) is 36.4 Å². The van der Waals surface area contributed by atoms with Crippen molar-refractivity contribution in [3.63, 3.8) is 0 Å². The highest BCUT2D eigenvalue weighted by molar-refractivity contribution is 5.77. The number of aliphatic hydroxyl groups excluding tert-OH is 1. The van der Waals surface area contributed by atoms with Crippen molar-refractivity contribution in [1.82, 2.24) is 10.2 Å². The maximum Gasteiger partial charge on any atom is 0.257 e. The third-order valence-corrected chi connectivity index (χ3v) is 6.02. The standard InChI is InChI=1S/C26H37N3O4/c1-29(2)14-13-28-25(31)18-33-23-12-11-19-7-6-8-20(26(27)24(19)16-23)15-21(30)17-32-22-9-4-3-5-10-22/h3-5,9-12,16,20-21,26,30H,6-8,13-15,17-18,27H2,1-2H3,(H,28,31)/t20?,21-,26?/m0/s1. The zero-order valence-electron chi connectivity index (χ0n) is 19.7. The summed E-state index contributed by atoms with van der Waals surface area (Å²) >= 11 is 0. The molecule has 0 aliphatic heterocycles. The summed E-state index contributed by atoms with van der Waals surface area (Å²) in [7, 11) is 3.92. The van der Waals surface area contributed by atoms with Crippen molar-refractivity contribution in [2.24, 2.45) is 11.7 Å². The fourth-order valence-electron chi connectivity index (χ4n) is 4.20. The maximum atomic E-state index is 12.0. The summed E-state index contributed by atoms with van der Waals surface area (Å²) in [4.78, 5) is 14.0. The SMILES string of the molecule is CN(C)CCNC(=O)COc1ccc2c(c1)C(N)C(C[C@H](O)COc1ccccc1)CCC2. The zero-order chi connectivity index (χ0) is 23.6. The molecule has 7 nitrogen and oxygen atoms in total. The number of fused-ring (bicyclic) bond motifs is 1. The number of nitrogens with one attached hydrogen (secondary N) is 1. The number of aryl methyl sites for hydroxylation is 1. The van der Waals surface area contributed by atoms with Gasteiger partial charge in [0.2, 0.25) is 0 Å². The molecule has 1 amide bonds. The van der Waals surface area contributed by atoms with Crippen LogP contribution in [0.5, 0.6) is 11.5 Å². The molecule has 33 heavy (non-hydrogen) atoms. The van der Waals surface area contributed by atoms with Crippen LogP contribution in [0.3, 0.4) is 0 Å². The Kier molecular flexibility index (Phi) is 9.54. The van der Waals surface area contributed by atoms with Gasteiger partial charge in [0.1, 0.15) is 18.1 Å². The number of rotatable bonds is 11. The molecule has 2 unspecified atom stereocenters. The van der Waals surface area contributed by atoms with Crippen molar-refractivity contribution in [1.29, 1.82) is 0 Å². The lowest BCUT2D eigenvalue weighted by molar-refractivity contribution is -0.123. The Morgan fingerprint density at radius 1 is 1.18 bits per heavy atom. The highest BCUT2D eigenvalue weighted by Crippen LogP contribution is 2.36. The lowest BCUT2D eigenvalue weighted by atomic mass is 9.87. The Morgan fingerprint density at radius 3 is 2.73 bits per heavy atom. The molecule has 0 saturated heterocycles. The molecule has 0 heterocycles. The third-order valence-electron chi connectivity index (χ3n) is 6.02. The first-order chi connectivity index (χ1) is 15.9. The summed E-state index contributed by atoms with van der Waals surface area (Å²) in [6.45, 7) is 1.58. The van der Waals surface area contributed by atoms with E-state index in [2.05, 4.69) is 5.32 Å². The summed E-state index contributed by atoms with van der Waals surface area (Å²) in [5, 5.41) is 13.4. The minimum atomic E-state index is -0.590. The molecular weight excluding hydrogens is 418 g/mol. The number of carbonyl (C=O) groups excluding carboxylic acids is 1. The normalized spacial score (nSPS) is 18.8. The van der Waals surface area contributed by atoms with Gasteiger partial charge >= 0.3 is 0 Å². The van der Waals surface area contributed by atoms with E-state index < -0.39 is 6.10 Å². The van der Waals surface area contributed by atoms with Crippen LogP contribution in [-0.4, -0.2) is 62.4 Å². The van der Waals surface area contributed by atoms with Gasteiger partial charge < -0.3 is 30.5 Å². The van der Waals surface area contributed by atoms with Crippen LogP contribution in [0.25, 0.3) is 0 Å². The number of hydrogen-bond donors (Lipinski definition) is 3. The molecule has 0 radical (unpaired) electrons. The molecule has 0 aromatic heterocycles. The second kappa shape index (κ2) is 12.6. The van der Waals surface area contributed by atoms with Gasteiger partial charge in [0.25, 0.3) is 5.91 Å². The molecule has 1 aliphatic rings. The highest BCUT2D eigenvalue weighted by Gasteiger charge is 2.27. The number of nitrogens with zero attached hydrogens (tertiary/aromatic N) is 1. The average molecular weight is 456 g/mol. The smallest absolute Gasteiger partial charge is 0.257 e. The van der Waals surface area contributed by atoms with E-state index in [1.54, 1.807) is 0 Å². The molecule has 3 rings (SSSR count). The van der Waals surface area contributed by atoms with Gasteiger partial charge in [-0.15, -0.1) is 0 Å². The van der Waals surface area contributed by atoms with Crippen LogP contribution < -0.4 is 20.5 Å². The van der Waals surface area contributed by atoms with Crippen molar-refractivity contribution in [2.45, 2.75) is 37.8 Å². The van der Waals surface area contributed by atoms with Gasteiger partial charge in [0.15, 0.2) is 6.61 Å². The number of carbonyl (C=O) groups is 1. The Morgan fingerprint density at radius 2 is 1.97 bits per heavy atom. The van der Waals surface area contributed by atoms with Crippen molar-refractivity contribution in [3.8, 4) is 11.5 Å². The molecule has 3 atom stereocenters. The van der Waals surface area contributed by atoms with Gasteiger partial charge in [-0.05, 0) is 81.1 Å². The van der Waals surface area contributed by atoms with Crippen LogP contribution in [-0.2, 0) is 11.2 Å². The highest BCUT2D eigenvalue weighted by atomic mass is 16.5. The van der Waals surface area contributed by atoms with Crippen molar-refractivity contribution < 1.29 is 19.4 Å². The van der Waals surface area contributed by atoms with E-state index in [1.807, 2.05) is 67.5 Å². The molecule has 2 aromatic carbocycles. The molecule has 0 spiro atoms. The van der Waals surface area contributed by atoms with Crippen molar-refractivity contribution >= 4 is 5.91 Å². The summed E-state index contributed by atoms with van der Waals surface area (Å²) in [6, 6.07) is 15.2. The van der Waals surface area contributed by atoms with Crippen LogP contribution in [0, 0.1) is 5.92 Å². The second-order valence-electron chi connectivity index (χ2n) is 8.99. The quantitative estimate of drug-likeness (QED) is 0.451. The van der Waals surface area contributed by atoms with Crippen LogP contribution in [0.4, 0.5) is 0 Å². The van der Waals surface area contributed by atoms with Gasteiger partial charge in [-0.25, -0.2) is 0 Å². The van der Waals surface area contributed by atoms with Crippen LogP contribution in [0.15, 0.2) is 48.5 Å². The molecule has 0 fully saturated rings. The van der Waals surface area contributed by atoms with Crippen LogP contribution >= 0.6 is 0 Å². The third kappa shape index (κ3) is 8.03. The fourth-order valence-corrected chi connectivity index (χ4v) is 4.20. The second-order valence-corrected chi connectivity index (χ2v) is 8.99. The molecular formula is C26H37N3O4. The minimum Gasteiger partial charge on any atom is -0.491 e. The van der Waals surface area contributed by atoms with Gasteiger partial charge in [0, 0.05) is 19.1 Å². The van der Waals surface area contributed by atoms with Gasteiger partial charge in [-0.1, -0.05) is 24.3 Å². The lowest BCUT2D eigenvalue weighted by Gasteiger charge is -2.25. The summed E-state index contributed by atoms with van der Waals surface area (Å²) in [6.07, 6.45) is 2.90. The zero-order valence-corrected chi connectivity index (χ0v) is 19.7. The molecule has 180 valence electrons. The Hall–Kier alpha value is -2.61. The first-order valence-corrected chi connectivity index (χ1v) is 11.7. The predicted molar refractivity (Wildman–Crippen MR) is 129 cm³/mol. The molecule has 7 heteroatoms. The van der Waals surface area contributed by atoms with E-state index in [9.17, 15) is 9.90 Å². The number of amides is 1. The van der Waals surface area contributed by atoms with E-state index >= 15 is 0 Å². The van der Waals surface area contributed by atoms with E-state index in [0.29, 0.717) is 18.7 Å². The fraction of sp³-hybridized carbons (Fsp3) is 0.500. The number of benzene rings is 2. The minimum absolute atomic E-state index is 0.0274.